The minimum absolute atomic E-state index is 0.0124. The Morgan fingerprint density at radius 3 is 2.42 bits per heavy atom. The van der Waals surface area contributed by atoms with E-state index in [0.29, 0.717) is 6.54 Å². The second-order valence-corrected chi connectivity index (χ2v) is 7.13. The number of rotatable bonds is 5. The molecule has 1 aliphatic rings. The van der Waals surface area contributed by atoms with Gasteiger partial charge in [-0.1, -0.05) is 30.3 Å². The number of urea groups is 1. The van der Waals surface area contributed by atoms with E-state index >= 15 is 0 Å². The first-order valence-corrected chi connectivity index (χ1v) is 9.11. The molecule has 2 aromatic rings. The van der Waals surface area contributed by atoms with Crippen molar-refractivity contribution in [3.63, 3.8) is 0 Å². The summed E-state index contributed by atoms with van der Waals surface area (Å²) in [4.78, 5) is 18.6. The standard InChI is InChI=1S/C21H28N4O/c1-23(2)19-11-9-17(10-12-19)15-24(3)21(26)22-18-13-14-25(16-18)20-7-5-4-6-8-20/h4-12,18H,13-16H2,1-3H3,(H,22,26). The quantitative estimate of drug-likeness (QED) is 0.898. The predicted octanol–water partition coefficient (Wildman–Crippen LogP) is 3.17. The van der Waals surface area contributed by atoms with E-state index in [4.69, 9.17) is 0 Å². The average molecular weight is 352 g/mol. The number of amides is 2. The van der Waals surface area contributed by atoms with Gasteiger partial charge >= 0.3 is 6.03 Å². The molecule has 138 valence electrons. The van der Waals surface area contributed by atoms with Gasteiger partial charge in [0.05, 0.1) is 0 Å². The summed E-state index contributed by atoms with van der Waals surface area (Å²) in [5.41, 5.74) is 3.51. The molecule has 5 heteroatoms. The van der Waals surface area contributed by atoms with Crippen LogP contribution in [0, 0.1) is 0 Å². The fraction of sp³-hybridized carbons (Fsp3) is 0.381. The molecule has 26 heavy (non-hydrogen) atoms. The molecule has 1 N–H and O–H groups in total. The van der Waals surface area contributed by atoms with Crippen LogP contribution in [0.3, 0.4) is 0 Å². The lowest BCUT2D eigenvalue weighted by molar-refractivity contribution is 0.203. The van der Waals surface area contributed by atoms with Crippen LogP contribution in [0.15, 0.2) is 54.6 Å². The summed E-state index contributed by atoms with van der Waals surface area (Å²) in [5, 5.41) is 3.17. The third-order valence-corrected chi connectivity index (χ3v) is 4.86. The zero-order valence-corrected chi connectivity index (χ0v) is 15.9. The maximum atomic E-state index is 12.5. The molecule has 2 amide bonds. The highest BCUT2D eigenvalue weighted by atomic mass is 16.2. The molecule has 0 saturated carbocycles. The zero-order chi connectivity index (χ0) is 18.5. The minimum Gasteiger partial charge on any atom is -0.378 e. The molecule has 3 rings (SSSR count). The number of benzene rings is 2. The lowest BCUT2D eigenvalue weighted by Crippen LogP contribution is -2.43. The molecule has 1 saturated heterocycles. The number of nitrogens with zero attached hydrogens (tertiary/aromatic N) is 3. The lowest BCUT2D eigenvalue weighted by atomic mass is 10.2. The second-order valence-electron chi connectivity index (χ2n) is 7.13. The molecule has 1 fully saturated rings. The van der Waals surface area contributed by atoms with Gasteiger partial charge in [0.25, 0.3) is 0 Å². The number of nitrogens with one attached hydrogen (secondary N) is 1. The van der Waals surface area contributed by atoms with Crippen molar-refractivity contribution in [3.05, 3.63) is 60.2 Å². The second kappa shape index (κ2) is 8.13. The molecule has 1 heterocycles. The lowest BCUT2D eigenvalue weighted by Gasteiger charge is -2.22. The fourth-order valence-corrected chi connectivity index (χ4v) is 3.28. The molecule has 0 bridgehead atoms. The first-order valence-electron chi connectivity index (χ1n) is 9.11. The zero-order valence-electron chi connectivity index (χ0n) is 15.9. The van der Waals surface area contributed by atoms with E-state index in [0.717, 1.165) is 30.8 Å². The van der Waals surface area contributed by atoms with Gasteiger partial charge in [0, 0.05) is 58.2 Å². The van der Waals surface area contributed by atoms with Crippen molar-refractivity contribution in [1.29, 1.82) is 0 Å². The first-order chi connectivity index (χ1) is 12.5. The summed E-state index contributed by atoms with van der Waals surface area (Å²) in [7, 11) is 5.89. The van der Waals surface area contributed by atoms with Crippen molar-refractivity contribution in [2.24, 2.45) is 0 Å². The van der Waals surface area contributed by atoms with E-state index in [1.165, 1.54) is 5.69 Å². The Labute approximate surface area is 156 Å². The van der Waals surface area contributed by atoms with Crippen LogP contribution in [0.4, 0.5) is 16.2 Å². The van der Waals surface area contributed by atoms with E-state index in [1.807, 2.05) is 27.2 Å². The topological polar surface area (TPSA) is 38.8 Å². The summed E-state index contributed by atoms with van der Waals surface area (Å²) >= 11 is 0. The van der Waals surface area contributed by atoms with Crippen molar-refractivity contribution >= 4 is 17.4 Å². The summed E-state index contributed by atoms with van der Waals surface area (Å²) in [6.45, 7) is 2.44. The maximum absolute atomic E-state index is 12.5. The van der Waals surface area contributed by atoms with E-state index in [9.17, 15) is 4.79 Å². The van der Waals surface area contributed by atoms with Crippen LogP contribution < -0.4 is 15.1 Å². The van der Waals surface area contributed by atoms with E-state index in [-0.39, 0.29) is 12.1 Å². The third kappa shape index (κ3) is 4.48. The number of hydrogen-bond acceptors (Lipinski definition) is 3. The van der Waals surface area contributed by atoms with Crippen molar-refractivity contribution in [2.75, 3.05) is 44.0 Å². The molecular formula is C21H28N4O. The molecule has 0 spiro atoms. The Balaban J connectivity index is 1.50. The van der Waals surface area contributed by atoms with Crippen molar-refractivity contribution in [3.8, 4) is 0 Å². The van der Waals surface area contributed by atoms with Gasteiger partial charge in [0.15, 0.2) is 0 Å². The number of para-hydroxylation sites is 1. The summed E-state index contributed by atoms with van der Waals surface area (Å²) in [6.07, 6.45) is 0.978. The fourth-order valence-electron chi connectivity index (χ4n) is 3.28. The molecule has 5 nitrogen and oxygen atoms in total. The molecule has 0 radical (unpaired) electrons. The number of anilines is 2. The Morgan fingerprint density at radius 1 is 1.08 bits per heavy atom. The van der Waals surface area contributed by atoms with Crippen molar-refractivity contribution < 1.29 is 4.79 Å². The minimum atomic E-state index is -0.0124. The molecule has 0 aliphatic carbocycles. The van der Waals surface area contributed by atoms with Crippen molar-refractivity contribution in [1.82, 2.24) is 10.2 Å². The van der Waals surface area contributed by atoms with Gasteiger partial charge in [-0.2, -0.15) is 0 Å². The normalized spacial score (nSPS) is 16.4. The number of hydrogen-bond donors (Lipinski definition) is 1. The maximum Gasteiger partial charge on any atom is 0.317 e. The highest BCUT2D eigenvalue weighted by Gasteiger charge is 2.25. The molecule has 1 atom stereocenters. The summed E-state index contributed by atoms with van der Waals surface area (Å²) < 4.78 is 0. The van der Waals surface area contributed by atoms with E-state index in [2.05, 4.69) is 63.6 Å². The highest BCUT2D eigenvalue weighted by molar-refractivity contribution is 5.74. The van der Waals surface area contributed by atoms with Crippen LogP contribution in [-0.2, 0) is 6.54 Å². The average Bonchev–Trinajstić information content (AvgIpc) is 3.11. The van der Waals surface area contributed by atoms with Gasteiger partial charge in [0.1, 0.15) is 0 Å². The largest absolute Gasteiger partial charge is 0.378 e. The Bertz CT molecular complexity index is 715. The molecule has 1 aliphatic heterocycles. The van der Waals surface area contributed by atoms with Crippen LogP contribution in [0.25, 0.3) is 0 Å². The van der Waals surface area contributed by atoms with Gasteiger partial charge in [-0.3, -0.25) is 0 Å². The van der Waals surface area contributed by atoms with E-state index < -0.39 is 0 Å². The first kappa shape index (κ1) is 18.1. The van der Waals surface area contributed by atoms with Crippen molar-refractivity contribution in [2.45, 2.75) is 19.0 Å². The number of carbonyl (C=O) groups excluding carboxylic acids is 1. The Morgan fingerprint density at radius 2 is 1.77 bits per heavy atom. The van der Waals surface area contributed by atoms with Crippen LogP contribution >= 0.6 is 0 Å². The smallest absolute Gasteiger partial charge is 0.317 e. The van der Waals surface area contributed by atoms with Crippen LogP contribution in [0.5, 0.6) is 0 Å². The third-order valence-electron chi connectivity index (χ3n) is 4.86. The molecule has 2 aromatic carbocycles. The Kier molecular flexibility index (Phi) is 5.66. The van der Waals surface area contributed by atoms with Crippen LogP contribution in [-0.4, -0.2) is 51.2 Å². The van der Waals surface area contributed by atoms with Gasteiger partial charge < -0.3 is 20.0 Å². The number of carbonyl (C=O) groups is 1. The van der Waals surface area contributed by atoms with Crippen LogP contribution in [0.2, 0.25) is 0 Å². The monoisotopic (exact) mass is 352 g/mol. The Hall–Kier alpha value is -2.69. The summed E-state index contributed by atoms with van der Waals surface area (Å²) in [5.74, 6) is 0. The van der Waals surface area contributed by atoms with Gasteiger partial charge in [0.2, 0.25) is 0 Å². The molecular weight excluding hydrogens is 324 g/mol. The van der Waals surface area contributed by atoms with Gasteiger partial charge in [-0.15, -0.1) is 0 Å². The molecule has 1 unspecified atom stereocenters. The summed E-state index contributed by atoms with van der Waals surface area (Å²) in [6, 6.07) is 18.9. The highest BCUT2D eigenvalue weighted by Crippen LogP contribution is 2.20. The molecule has 0 aromatic heterocycles. The van der Waals surface area contributed by atoms with E-state index in [1.54, 1.807) is 4.90 Å². The SMILES string of the molecule is CN(Cc1ccc(N(C)C)cc1)C(=O)NC1CCN(c2ccccc2)C1. The van der Waals surface area contributed by atoms with Gasteiger partial charge in [-0.25, -0.2) is 4.79 Å². The van der Waals surface area contributed by atoms with Gasteiger partial charge in [-0.05, 0) is 36.2 Å². The predicted molar refractivity (Wildman–Crippen MR) is 108 cm³/mol. The van der Waals surface area contributed by atoms with Crippen LogP contribution in [0.1, 0.15) is 12.0 Å².